The molecular weight excluding hydrogens is 172 g/mol. The van der Waals surface area contributed by atoms with Crippen LogP contribution in [0.3, 0.4) is 0 Å². The van der Waals surface area contributed by atoms with Gasteiger partial charge in [0.05, 0.1) is 12.2 Å². The summed E-state index contributed by atoms with van der Waals surface area (Å²) in [4.78, 5) is 0. The molecule has 1 aliphatic heterocycles. The third kappa shape index (κ3) is 1.50. The predicted molar refractivity (Wildman–Crippen MR) is 57.1 cm³/mol. The van der Waals surface area contributed by atoms with Gasteiger partial charge in [0.15, 0.2) is 0 Å². The zero-order valence-electron chi connectivity index (χ0n) is 9.24. The molecule has 1 heteroatoms. The Balaban J connectivity index is 1.68. The Labute approximate surface area is 87.2 Å². The van der Waals surface area contributed by atoms with Gasteiger partial charge in [0.2, 0.25) is 0 Å². The number of hydrogen-bond donors (Lipinski definition) is 0. The van der Waals surface area contributed by atoms with Crippen LogP contribution in [-0.4, -0.2) is 12.2 Å². The van der Waals surface area contributed by atoms with Crippen molar-refractivity contribution in [2.24, 2.45) is 17.8 Å². The molecule has 0 aromatic rings. The summed E-state index contributed by atoms with van der Waals surface area (Å²) in [6.45, 7) is 2.46. The van der Waals surface area contributed by atoms with Gasteiger partial charge in [-0.15, -0.1) is 0 Å². The third-order valence-electron chi connectivity index (χ3n) is 4.76. The molecule has 0 radical (unpaired) electrons. The molecule has 0 spiro atoms. The van der Waals surface area contributed by atoms with Gasteiger partial charge >= 0.3 is 0 Å². The summed E-state index contributed by atoms with van der Waals surface area (Å²) in [6, 6.07) is 0. The van der Waals surface area contributed by atoms with Crippen molar-refractivity contribution in [3.05, 3.63) is 0 Å². The lowest BCUT2D eigenvalue weighted by molar-refractivity contribution is 0.140. The summed E-state index contributed by atoms with van der Waals surface area (Å²) in [7, 11) is 0. The lowest BCUT2D eigenvalue weighted by Gasteiger charge is -2.35. The number of hydrogen-bond acceptors (Lipinski definition) is 1. The molecule has 0 amide bonds. The van der Waals surface area contributed by atoms with Crippen molar-refractivity contribution < 1.29 is 4.74 Å². The van der Waals surface area contributed by atoms with E-state index in [4.69, 9.17) is 4.74 Å². The van der Waals surface area contributed by atoms with E-state index in [9.17, 15) is 0 Å². The maximum absolute atomic E-state index is 5.81. The van der Waals surface area contributed by atoms with Crippen molar-refractivity contribution in [3.63, 3.8) is 0 Å². The first-order valence-corrected chi connectivity index (χ1v) is 6.52. The molecule has 0 N–H and O–H groups in total. The van der Waals surface area contributed by atoms with Gasteiger partial charge in [0, 0.05) is 0 Å². The van der Waals surface area contributed by atoms with E-state index in [1.165, 1.54) is 44.9 Å². The van der Waals surface area contributed by atoms with Crippen molar-refractivity contribution >= 4 is 0 Å². The van der Waals surface area contributed by atoms with Crippen molar-refractivity contribution in [1.29, 1.82) is 0 Å². The molecule has 3 rings (SSSR count). The molecule has 1 nitrogen and oxygen atoms in total. The van der Waals surface area contributed by atoms with Crippen LogP contribution in [0.1, 0.15) is 51.9 Å². The van der Waals surface area contributed by atoms with E-state index in [1.807, 2.05) is 0 Å². The standard InChI is InChI=1S/C13H22O/c1-9-7-8-11-13(14-11)12(9)10-5-3-2-4-6-10/h9-13H,2-8H2,1H3. The van der Waals surface area contributed by atoms with Crippen LogP contribution in [0.15, 0.2) is 0 Å². The summed E-state index contributed by atoms with van der Waals surface area (Å²) >= 11 is 0. The Morgan fingerprint density at radius 2 is 1.71 bits per heavy atom. The molecule has 1 heterocycles. The van der Waals surface area contributed by atoms with Gasteiger partial charge in [-0.05, 0) is 30.6 Å². The summed E-state index contributed by atoms with van der Waals surface area (Å²) in [5.41, 5.74) is 0. The Hall–Kier alpha value is -0.0400. The number of ether oxygens (including phenoxy) is 1. The number of rotatable bonds is 1. The summed E-state index contributed by atoms with van der Waals surface area (Å²) in [5.74, 6) is 2.87. The average molecular weight is 194 g/mol. The quantitative estimate of drug-likeness (QED) is 0.583. The summed E-state index contributed by atoms with van der Waals surface area (Å²) < 4.78 is 5.81. The fourth-order valence-corrected chi connectivity index (χ4v) is 3.92. The molecule has 4 atom stereocenters. The van der Waals surface area contributed by atoms with Gasteiger partial charge in [-0.25, -0.2) is 0 Å². The maximum Gasteiger partial charge on any atom is 0.0875 e. The topological polar surface area (TPSA) is 12.5 Å². The van der Waals surface area contributed by atoms with Gasteiger partial charge in [-0.2, -0.15) is 0 Å². The largest absolute Gasteiger partial charge is 0.369 e. The minimum atomic E-state index is 0.679. The molecule has 14 heavy (non-hydrogen) atoms. The number of epoxide rings is 1. The smallest absolute Gasteiger partial charge is 0.0875 e. The molecule has 3 fully saturated rings. The molecule has 0 aromatic heterocycles. The van der Waals surface area contributed by atoms with Gasteiger partial charge in [-0.1, -0.05) is 39.0 Å². The third-order valence-corrected chi connectivity index (χ3v) is 4.76. The van der Waals surface area contributed by atoms with Crippen LogP contribution in [0, 0.1) is 17.8 Å². The van der Waals surface area contributed by atoms with Crippen LogP contribution in [-0.2, 0) is 4.74 Å². The molecule has 1 saturated heterocycles. The second-order valence-electron chi connectivity index (χ2n) is 5.67. The summed E-state index contributed by atoms with van der Waals surface area (Å²) in [5, 5.41) is 0. The molecule has 0 aromatic carbocycles. The van der Waals surface area contributed by atoms with Crippen LogP contribution >= 0.6 is 0 Å². The molecule has 2 saturated carbocycles. The Morgan fingerprint density at radius 1 is 0.929 bits per heavy atom. The SMILES string of the molecule is CC1CCC2OC2C1C1CCCCC1. The highest BCUT2D eigenvalue weighted by Gasteiger charge is 2.52. The van der Waals surface area contributed by atoms with Crippen molar-refractivity contribution in [2.45, 2.75) is 64.1 Å². The highest BCUT2D eigenvalue weighted by Crippen LogP contribution is 2.49. The molecule has 2 aliphatic carbocycles. The van der Waals surface area contributed by atoms with Crippen LogP contribution in [0.5, 0.6) is 0 Å². The minimum absolute atomic E-state index is 0.679. The monoisotopic (exact) mass is 194 g/mol. The Kier molecular flexibility index (Phi) is 2.31. The molecule has 4 unspecified atom stereocenters. The average Bonchev–Trinajstić information content (AvgIpc) is 2.98. The van der Waals surface area contributed by atoms with Gasteiger partial charge in [0.1, 0.15) is 0 Å². The molecule has 0 bridgehead atoms. The van der Waals surface area contributed by atoms with Crippen LogP contribution in [0.25, 0.3) is 0 Å². The maximum atomic E-state index is 5.81. The molecule has 80 valence electrons. The van der Waals surface area contributed by atoms with Crippen LogP contribution in [0.2, 0.25) is 0 Å². The van der Waals surface area contributed by atoms with Crippen molar-refractivity contribution in [3.8, 4) is 0 Å². The first-order valence-electron chi connectivity index (χ1n) is 6.52. The second kappa shape index (κ2) is 3.52. The first kappa shape index (κ1) is 9.21. The van der Waals surface area contributed by atoms with Crippen molar-refractivity contribution in [2.75, 3.05) is 0 Å². The zero-order chi connectivity index (χ0) is 9.54. The lowest BCUT2D eigenvalue weighted by Crippen LogP contribution is -2.32. The Bertz CT molecular complexity index is 205. The van der Waals surface area contributed by atoms with E-state index in [2.05, 4.69) is 6.92 Å². The zero-order valence-corrected chi connectivity index (χ0v) is 9.24. The highest BCUT2D eigenvalue weighted by atomic mass is 16.6. The van der Waals surface area contributed by atoms with Gasteiger partial charge in [0.25, 0.3) is 0 Å². The second-order valence-corrected chi connectivity index (χ2v) is 5.67. The van der Waals surface area contributed by atoms with E-state index in [-0.39, 0.29) is 0 Å². The highest BCUT2D eigenvalue weighted by molar-refractivity contribution is 4.99. The number of fused-ring (bicyclic) bond motifs is 1. The fourth-order valence-electron chi connectivity index (χ4n) is 3.92. The fraction of sp³-hybridized carbons (Fsp3) is 1.00. The first-order chi connectivity index (χ1) is 6.86. The van der Waals surface area contributed by atoms with E-state index >= 15 is 0 Å². The van der Waals surface area contributed by atoms with E-state index in [1.54, 1.807) is 0 Å². The Morgan fingerprint density at radius 3 is 2.50 bits per heavy atom. The van der Waals surface area contributed by atoms with E-state index < -0.39 is 0 Å². The lowest BCUT2D eigenvalue weighted by atomic mass is 9.68. The van der Waals surface area contributed by atoms with E-state index in [0.29, 0.717) is 12.2 Å². The van der Waals surface area contributed by atoms with Crippen LogP contribution < -0.4 is 0 Å². The normalized spacial score (nSPS) is 48.6. The van der Waals surface area contributed by atoms with E-state index in [0.717, 1.165) is 17.8 Å². The van der Waals surface area contributed by atoms with Gasteiger partial charge in [-0.3, -0.25) is 0 Å². The molecule has 3 aliphatic rings. The van der Waals surface area contributed by atoms with Crippen LogP contribution in [0.4, 0.5) is 0 Å². The van der Waals surface area contributed by atoms with Gasteiger partial charge < -0.3 is 4.74 Å². The molecular formula is C13H22O. The predicted octanol–water partition coefficient (Wildman–Crippen LogP) is 3.38. The van der Waals surface area contributed by atoms with Crippen molar-refractivity contribution in [1.82, 2.24) is 0 Å². The summed E-state index contributed by atoms with van der Waals surface area (Å²) in [6.07, 6.45) is 11.5. The minimum Gasteiger partial charge on any atom is -0.369 e.